The lowest BCUT2D eigenvalue weighted by atomic mass is 9.81. The first-order valence-corrected chi connectivity index (χ1v) is 14.9. The van der Waals surface area contributed by atoms with Crippen LogP contribution < -0.4 is 10.1 Å². The number of aryl methyl sites for hydroxylation is 3. The normalized spacial score (nSPS) is 13.9. The lowest BCUT2D eigenvalue weighted by molar-refractivity contribution is -0.160. The molecule has 1 atom stereocenters. The van der Waals surface area contributed by atoms with Gasteiger partial charge in [0.25, 0.3) is 0 Å². The Balaban J connectivity index is 2.12. The number of fused-ring (bicyclic) bond motifs is 1. The molecule has 0 fully saturated rings. The Morgan fingerprint density at radius 1 is 0.952 bits per heavy atom. The van der Waals surface area contributed by atoms with Crippen LogP contribution in [0.25, 0.3) is 22.3 Å². The van der Waals surface area contributed by atoms with Crippen LogP contribution in [-0.4, -0.2) is 29.2 Å². The third kappa shape index (κ3) is 6.70. The second-order valence-electron chi connectivity index (χ2n) is 13.0. The molecule has 0 spiro atoms. The molecule has 6 heteroatoms. The number of carboxylic acids is 1. The quantitative estimate of drug-likeness (QED) is 0.283. The van der Waals surface area contributed by atoms with Gasteiger partial charge in [-0.15, -0.1) is 0 Å². The summed E-state index contributed by atoms with van der Waals surface area (Å²) in [6.07, 6.45) is 0.930. The van der Waals surface area contributed by atoms with Gasteiger partial charge in [0, 0.05) is 17.5 Å². The summed E-state index contributed by atoms with van der Waals surface area (Å²) in [4.78, 5) is 26.2. The van der Waals surface area contributed by atoms with Crippen molar-refractivity contribution in [3.8, 4) is 28.0 Å². The third-order valence-electron chi connectivity index (χ3n) is 7.86. The summed E-state index contributed by atoms with van der Waals surface area (Å²) in [7, 11) is 0. The second-order valence-corrected chi connectivity index (χ2v) is 13.0. The molecule has 224 valence electrons. The first kappa shape index (κ1) is 31.3. The SMILES string of the molecule is Cc1ccc(-c2c(C)c(-c3ccc4c(c3)CCCO4)c(C(OC(C)(C)C)C(=O)O)c(C)c2NC(=O)CC(C)C)cc1C. The maximum atomic E-state index is 13.3. The van der Waals surface area contributed by atoms with Gasteiger partial charge < -0.3 is 19.9 Å². The van der Waals surface area contributed by atoms with Crippen molar-refractivity contribution in [3.63, 3.8) is 0 Å². The van der Waals surface area contributed by atoms with Crippen molar-refractivity contribution in [2.75, 3.05) is 11.9 Å². The highest BCUT2D eigenvalue weighted by Gasteiger charge is 2.34. The van der Waals surface area contributed by atoms with Gasteiger partial charge in [-0.3, -0.25) is 4.79 Å². The number of hydrogen-bond acceptors (Lipinski definition) is 4. The van der Waals surface area contributed by atoms with Crippen molar-refractivity contribution in [2.24, 2.45) is 5.92 Å². The van der Waals surface area contributed by atoms with E-state index >= 15 is 0 Å². The van der Waals surface area contributed by atoms with Crippen LogP contribution in [0.4, 0.5) is 5.69 Å². The molecule has 1 amide bonds. The van der Waals surface area contributed by atoms with Gasteiger partial charge in [0.15, 0.2) is 6.10 Å². The zero-order chi connectivity index (χ0) is 30.9. The van der Waals surface area contributed by atoms with E-state index in [2.05, 4.69) is 43.4 Å². The summed E-state index contributed by atoms with van der Waals surface area (Å²) in [5, 5.41) is 13.8. The Labute approximate surface area is 250 Å². The Morgan fingerprint density at radius 2 is 1.62 bits per heavy atom. The number of benzene rings is 3. The number of carboxylic acid groups (broad SMARTS) is 1. The highest BCUT2D eigenvalue weighted by atomic mass is 16.5. The van der Waals surface area contributed by atoms with E-state index in [4.69, 9.17) is 9.47 Å². The minimum Gasteiger partial charge on any atom is -0.493 e. The predicted octanol–water partition coefficient (Wildman–Crippen LogP) is 8.50. The van der Waals surface area contributed by atoms with Gasteiger partial charge in [0.1, 0.15) is 5.75 Å². The van der Waals surface area contributed by atoms with E-state index in [1.165, 1.54) is 5.56 Å². The van der Waals surface area contributed by atoms with Gasteiger partial charge in [-0.2, -0.15) is 0 Å². The fourth-order valence-electron chi connectivity index (χ4n) is 5.80. The van der Waals surface area contributed by atoms with E-state index in [0.717, 1.165) is 57.5 Å². The first-order chi connectivity index (χ1) is 19.7. The average molecular weight is 572 g/mol. The summed E-state index contributed by atoms with van der Waals surface area (Å²) in [5.41, 5.74) is 9.03. The molecule has 1 heterocycles. The average Bonchev–Trinajstić information content (AvgIpc) is 2.89. The molecule has 0 radical (unpaired) electrons. The molecule has 2 N–H and O–H groups in total. The molecule has 0 aromatic heterocycles. The summed E-state index contributed by atoms with van der Waals surface area (Å²) >= 11 is 0. The number of hydrogen-bond donors (Lipinski definition) is 2. The summed E-state index contributed by atoms with van der Waals surface area (Å²) < 4.78 is 12.2. The van der Waals surface area contributed by atoms with Crippen LogP contribution in [-0.2, 0) is 20.7 Å². The van der Waals surface area contributed by atoms with Crippen LogP contribution in [0.3, 0.4) is 0 Å². The first-order valence-electron chi connectivity index (χ1n) is 14.9. The number of carbonyl (C=O) groups excluding carboxylic acids is 1. The molecule has 0 saturated heterocycles. The van der Waals surface area contributed by atoms with E-state index in [1.54, 1.807) is 0 Å². The number of nitrogens with one attached hydrogen (secondary N) is 1. The summed E-state index contributed by atoms with van der Waals surface area (Å²) in [5.74, 6) is -0.142. The van der Waals surface area contributed by atoms with Gasteiger partial charge in [0.2, 0.25) is 5.91 Å². The Bertz CT molecular complexity index is 1510. The third-order valence-corrected chi connectivity index (χ3v) is 7.86. The van der Waals surface area contributed by atoms with Crippen molar-refractivity contribution in [2.45, 2.75) is 93.3 Å². The molecular formula is C36H45NO5. The van der Waals surface area contributed by atoms with Crippen molar-refractivity contribution in [3.05, 3.63) is 69.8 Å². The molecule has 0 bridgehead atoms. The molecule has 4 rings (SSSR count). The largest absolute Gasteiger partial charge is 0.493 e. The number of aliphatic carboxylic acids is 1. The maximum absolute atomic E-state index is 13.3. The van der Waals surface area contributed by atoms with Gasteiger partial charge >= 0.3 is 5.97 Å². The molecule has 0 aliphatic carbocycles. The van der Waals surface area contributed by atoms with Crippen LogP contribution in [0.2, 0.25) is 0 Å². The van der Waals surface area contributed by atoms with Gasteiger partial charge in [-0.05, 0) is 124 Å². The van der Waals surface area contributed by atoms with Crippen LogP contribution in [0.5, 0.6) is 5.75 Å². The lowest BCUT2D eigenvalue weighted by Gasteiger charge is -2.31. The van der Waals surface area contributed by atoms with Gasteiger partial charge in [-0.25, -0.2) is 4.79 Å². The molecule has 42 heavy (non-hydrogen) atoms. The number of anilines is 1. The van der Waals surface area contributed by atoms with Crippen molar-refractivity contribution >= 4 is 17.6 Å². The summed E-state index contributed by atoms with van der Waals surface area (Å²) in [6.45, 7) is 18.4. The van der Waals surface area contributed by atoms with Crippen LogP contribution in [0.15, 0.2) is 36.4 Å². The van der Waals surface area contributed by atoms with E-state index in [-0.39, 0.29) is 11.8 Å². The number of amides is 1. The standard InChI is InChI=1S/C36H45NO5/c1-20(2)17-29(38)37-33-24(6)32(34(35(39)40)42-36(7,8)9)30(27-14-15-28-25(19-27)11-10-16-41-28)23(5)31(33)26-13-12-21(3)22(4)18-26/h12-15,18-20,34H,10-11,16-17H2,1-9H3,(H,37,38)(H,39,40). The maximum Gasteiger partial charge on any atom is 0.337 e. The van der Waals surface area contributed by atoms with Gasteiger partial charge in [-0.1, -0.05) is 38.1 Å². The molecule has 6 nitrogen and oxygen atoms in total. The Hall–Kier alpha value is -3.64. The zero-order valence-corrected chi connectivity index (χ0v) is 26.5. The minimum atomic E-state index is -1.25. The minimum absolute atomic E-state index is 0.106. The van der Waals surface area contributed by atoms with E-state index in [1.807, 2.05) is 60.6 Å². The molecule has 1 unspecified atom stereocenters. The predicted molar refractivity (Wildman–Crippen MR) is 169 cm³/mol. The second kappa shape index (κ2) is 12.3. The van der Waals surface area contributed by atoms with Crippen LogP contribution in [0.1, 0.15) is 86.9 Å². The van der Waals surface area contributed by atoms with E-state index in [0.29, 0.717) is 29.8 Å². The fraction of sp³-hybridized carbons (Fsp3) is 0.444. The molecule has 1 aliphatic heterocycles. The van der Waals surface area contributed by atoms with Gasteiger partial charge in [0.05, 0.1) is 17.9 Å². The monoisotopic (exact) mass is 571 g/mol. The highest BCUT2D eigenvalue weighted by molar-refractivity contribution is 6.01. The molecular weight excluding hydrogens is 526 g/mol. The molecule has 3 aromatic rings. The van der Waals surface area contributed by atoms with E-state index < -0.39 is 17.7 Å². The van der Waals surface area contributed by atoms with Crippen molar-refractivity contribution in [1.82, 2.24) is 0 Å². The summed E-state index contributed by atoms with van der Waals surface area (Å²) in [6, 6.07) is 12.4. The topological polar surface area (TPSA) is 84.9 Å². The van der Waals surface area contributed by atoms with Crippen LogP contribution in [0, 0.1) is 33.6 Å². The fourth-order valence-corrected chi connectivity index (χ4v) is 5.80. The zero-order valence-electron chi connectivity index (χ0n) is 26.5. The highest BCUT2D eigenvalue weighted by Crippen LogP contribution is 2.47. The van der Waals surface area contributed by atoms with Crippen molar-refractivity contribution in [1.29, 1.82) is 0 Å². The number of carbonyl (C=O) groups is 2. The molecule has 3 aromatic carbocycles. The molecule has 0 saturated carbocycles. The molecule has 1 aliphatic rings. The lowest BCUT2D eigenvalue weighted by Crippen LogP contribution is -2.29. The van der Waals surface area contributed by atoms with Crippen LogP contribution >= 0.6 is 0 Å². The number of ether oxygens (including phenoxy) is 2. The Morgan fingerprint density at radius 3 is 2.24 bits per heavy atom. The smallest absolute Gasteiger partial charge is 0.337 e. The van der Waals surface area contributed by atoms with Crippen molar-refractivity contribution < 1.29 is 24.2 Å². The number of rotatable bonds is 8. The Kier molecular flexibility index (Phi) is 9.17. The van der Waals surface area contributed by atoms with E-state index in [9.17, 15) is 14.7 Å².